The van der Waals surface area contributed by atoms with E-state index in [4.69, 9.17) is 5.73 Å². The van der Waals surface area contributed by atoms with Gasteiger partial charge in [-0.15, -0.1) is 0 Å². The van der Waals surface area contributed by atoms with E-state index in [1.165, 1.54) is 12.0 Å². The lowest BCUT2D eigenvalue weighted by molar-refractivity contribution is -0.128. The van der Waals surface area contributed by atoms with E-state index in [0.717, 1.165) is 82.9 Å². The molecule has 0 bridgehead atoms. The SMILES string of the molecule is Nc1nc2c(c(N3CCCC(CN4CCCC4=O)C3)n1)CCNCC2. The predicted octanol–water partition coefficient (Wildman–Crippen LogP) is 0.586. The summed E-state index contributed by atoms with van der Waals surface area (Å²) in [7, 11) is 0. The summed E-state index contributed by atoms with van der Waals surface area (Å²) < 4.78 is 0. The van der Waals surface area contributed by atoms with Gasteiger partial charge >= 0.3 is 0 Å². The average Bonchev–Trinajstić information content (AvgIpc) is 2.87. The number of rotatable bonds is 3. The van der Waals surface area contributed by atoms with Crippen molar-refractivity contribution in [1.29, 1.82) is 0 Å². The Bertz CT molecular complexity index is 649. The van der Waals surface area contributed by atoms with Crippen LogP contribution >= 0.6 is 0 Å². The second kappa shape index (κ2) is 7.15. The van der Waals surface area contributed by atoms with Crippen molar-refractivity contribution in [2.45, 2.75) is 38.5 Å². The molecular formula is C18H28N6O. The van der Waals surface area contributed by atoms with Crippen LogP contribution in [0.2, 0.25) is 0 Å². The van der Waals surface area contributed by atoms with E-state index in [-0.39, 0.29) is 0 Å². The molecule has 2 saturated heterocycles. The van der Waals surface area contributed by atoms with Crippen LogP contribution in [0.5, 0.6) is 0 Å². The van der Waals surface area contributed by atoms with Gasteiger partial charge in [-0.3, -0.25) is 4.79 Å². The van der Waals surface area contributed by atoms with E-state index in [1.807, 2.05) is 4.90 Å². The zero-order chi connectivity index (χ0) is 17.2. The fourth-order valence-electron chi connectivity index (χ4n) is 4.42. The normalized spacial score (nSPS) is 24.3. The molecule has 25 heavy (non-hydrogen) atoms. The van der Waals surface area contributed by atoms with Gasteiger partial charge in [-0.25, -0.2) is 4.98 Å². The van der Waals surface area contributed by atoms with Gasteiger partial charge in [0.2, 0.25) is 11.9 Å². The van der Waals surface area contributed by atoms with E-state index in [1.54, 1.807) is 0 Å². The lowest BCUT2D eigenvalue weighted by Crippen LogP contribution is -2.42. The molecule has 1 unspecified atom stereocenters. The van der Waals surface area contributed by atoms with E-state index in [9.17, 15) is 4.79 Å². The quantitative estimate of drug-likeness (QED) is 0.834. The van der Waals surface area contributed by atoms with Gasteiger partial charge in [-0.2, -0.15) is 4.98 Å². The van der Waals surface area contributed by atoms with Crippen molar-refractivity contribution < 1.29 is 4.79 Å². The Balaban J connectivity index is 1.53. The number of nitrogens with one attached hydrogen (secondary N) is 1. The van der Waals surface area contributed by atoms with Crippen molar-refractivity contribution in [2.24, 2.45) is 5.92 Å². The highest BCUT2D eigenvalue weighted by Crippen LogP contribution is 2.29. The number of piperidine rings is 1. The van der Waals surface area contributed by atoms with Crippen LogP contribution in [-0.4, -0.2) is 60.0 Å². The summed E-state index contributed by atoms with van der Waals surface area (Å²) in [6.45, 7) is 5.70. The van der Waals surface area contributed by atoms with E-state index in [0.29, 0.717) is 17.8 Å². The monoisotopic (exact) mass is 344 g/mol. The number of anilines is 2. The van der Waals surface area contributed by atoms with Crippen LogP contribution in [0.15, 0.2) is 0 Å². The standard InChI is InChI=1S/C18H28N6O/c19-18-21-15-6-8-20-7-5-14(15)17(22-18)24-10-1-3-13(12-24)11-23-9-2-4-16(23)25/h13,20H,1-12H2,(H2,19,21,22). The maximum absolute atomic E-state index is 11.9. The van der Waals surface area contributed by atoms with Crippen LogP contribution in [0.3, 0.4) is 0 Å². The predicted molar refractivity (Wildman–Crippen MR) is 97.5 cm³/mol. The molecular weight excluding hydrogens is 316 g/mol. The second-order valence-electron chi connectivity index (χ2n) is 7.48. The maximum Gasteiger partial charge on any atom is 0.222 e. The van der Waals surface area contributed by atoms with Crippen molar-refractivity contribution in [1.82, 2.24) is 20.2 Å². The Hall–Kier alpha value is -1.89. The number of nitrogens with two attached hydrogens (primary N) is 1. The molecule has 0 aromatic carbocycles. The molecule has 4 heterocycles. The lowest BCUT2D eigenvalue weighted by Gasteiger charge is -2.36. The number of carbonyl (C=O) groups excluding carboxylic acids is 1. The third kappa shape index (κ3) is 3.56. The number of nitrogen functional groups attached to an aromatic ring is 1. The molecule has 0 spiro atoms. The molecule has 1 amide bonds. The third-order valence-corrected chi connectivity index (χ3v) is 5.65. The highest BCUT2D eigenvalue weighted by atomic mass is 16.2. The van der Waals surface area contributed by atoms with Crippen LogP contribution < -0.4 is 16.0 Å². The molecule has 3 aliphatic heterocycles. The Morgan fingerprint density at radius 3 is 2.84 bits per heavy atom. The molecule has 7 heteroatoms. The van der Waals surface area contributed by atoms with Gasteiger partial charge in [0.15, 0.2) is 0 Å². The first-order chi connectivity index (χ1) is 12.2. The van der Waals surface area contributed by atoms with Crippen molar-refractivity contribution in [2.75, 3.05) is 49.9 Å². The number of aromatic nitrogens is 2. The summed E-state index contributed by atoms with van der Waals surface area (Å²) in [6.07, 6.45) is 5.93. The second-order valence-corrected chi connectivity index (χ2v) is 7.48. The van der Waals surface area contributed by atoms with Crippen LogP contribution in [0.1, 0.15) is 36.9 Å². The maximum atomic E-state index is 11.9. The Morgan fingerprint density at radius 1 is 1.12 bits per heavy atom. The van der Waals surface area contributed by atoms with Crippen LogP contribution in [0.4, 0.5) is 11.8 Å². The van der Waals surface area contributed by atoms with Gasteiger partial charge in [-0.05, 0) is 38.1 Å². The van der Waals surface area contributed by atoms with Gasteiger partial charge in [0.05, 0.1) is 5.69 Å². The lowest BCUT2D eigenvalue weighted by atomic mass is 9.96. The van der Waals surface area contributed by atoms with Gasteiger partial charge in [0.25, 0.3) is 0 Å². The average molecular weight is 344 g/mol. The summed E-state index contributed by atoms with van der Waals surface area (Å²) in [4.78, 5) is 25.5. The molecule has 1 aromatic heterocycles. The molecule has 0 aliphatic carbocycles. The molecule has 3 N–H and O–H groups in total. The summed E-state index contributed by atoms with van der Waals surface area (Å²) in [5, 5.41) is 3.43. The highest BCUT2D eigenvalue weighted by Gasteiger charge is 2.29. The van der Waals surface area contributed by atoms with E-state index >= 15 is 0 Å². The number of hydrogen-bond acceptors (Lipinski definition) is 6. The fourth-order valence-corrected chi connectivity index (χ4v) is 4.42. The number of amides is 1. The summed E-state index contributed by atoms with van der Waals surface area (Å²) >= 11 is 0. The van der Waals surface area contributed by atoms with Gasteiger partial charge < -0.3 is 20.9 Å². The molecule has 4 rings (SSSR count). The topological polar surface area (TPSA) is 87.4 Å². The molecule has 1 atom stereocenters. The van der Waals surface area contributed by atoms with Crippen LogP contribution in [0, 0.1) is 5.92 Å². The first kappa shape index (κ1) is 16.6. The number of hydrogen-bond donors (Lipinski definition) is 2. The zero-order valence-electron chi connectivity index (χ0n) is 14.8. The highest BCUT2D eigenvalue weighted by molar-refractivity contribution is 5.78. The number of fused-ring (bicyclic) bond motifs is 1. The van der Waals surface area contributed by atoms with Crippen LogP contribution in [-0.2, 0) is 17.6 Å². The van der Waals surface area contributed by atoms with Crippen molar-refractivity contribution >= 4 is 17.7 Å². The third-order valence-electron chi connectivity index (χ3n) is 5.65. The minimum absolute atomic E-state index is 0.323. The number of nitrogens with zero attached hydrogens (tertiary/aromatic N) is 4. The van der Waals surface area contributed by atoms with E-state index < -0.39 is 0 Å². The molecule has 0 radical (unpaired) electrons. The Labute approximate surface area is 149 Å². The summed E-state index contributed by atoms with van der Waals surface area (Å²) in [5.41, 5.74) is 8.37. The van der Waals surface area contributed by atoms with Crippen molar-refractivity contribution in [3.8, 4) is 0 Å². The zero-order valence-corrected chi connectivity index (χ0v) is 14.8. The summed E-state index contributed by atoms with van der Waals surface area (Å²) in [5.74, 6) is 2.26. The van der Waals surface area contributed by atoms with Crippen molar-refractivity contribution in [3.05, 3.63) is 11.3 Å². The minimum atomic E-state index is 0.323. The van der Waals surface area contributed by atoms with E-state index in [2.05, 4.69) is 20.2 Å². The van der Waals surface area contributed by atoms with Crippen molar-refractivity contribution in [3.63, 3.8) is 0 Å². The molecule has 7 nitrogen and oxygen atoms in total. The van der Waals surface area contributed by atoms with Gasteiger partial charge in [0.1, 0.15) is 5.82 Å². The fraction of sp³-hybridized carbons (Fsp3) is 0.722. The number of likely N-dealkylation sites (tertiary alicyclic amines) is 1. The summed E-state index contributed by atoms with van der Waals surface area (Å²) in [6, 6.07) is 0. The molecule has 3 aliphatic rings. The molecule has 0 saturated carbocycles. The molecule has 136 valence electrons. The Morgan fingerprint density at radius 2 is 2.00 bits per heavy atom. The first-order valence-electron chi connectivity index (χ1n) is 9.59. The first-order valence-corrected chi connectivity index (χ1v) is 9.59. The molecule has 1 aromatic rings. The largest absolute Gasteiger partial charge is 0.368 e. The minimum Gasteiger partial charge on any atom is -0.368 e. The number of carbonyl (C=O) groups is 1. The molecule has 2 fully saturated rings. The van der Waals surface area contributed by atoms with Gasteiger partial charge in [-0.1, -0.05) is 0 Å². The Kier molecular flexibility index (Phi) is 4.74. The van der Waals surface area contributed by atoms with Gasteiger partial charge in [0, 0.05) is 51.1 Å². The van der Waals surface area contributed by atoms with Crippen LogP contribution in [0.25, 0.3) is 0 Å². The smallest absolute Gasteiger partial charge is 0.222 e.